The van der Waals surface area contributed by atoms with Crippen molar-refractivity contribution >= 4 is 23.8 Å². The second kappa shape index (κ2) is 14.3. The molecule has 1 atom stereocenters. The summed E-state index contributed by atoms with van der Waals surface area (Å²) in [6.45, 7) is 4.66. The van der Waals surface area contributed by atoms with Gasteiger partial charge in [0, 0.05) is 35.5 Å². The highest BCUT2D eigenvalue weighted by atomic mass is 16.6. The standard InChI is InChI=1S/C33H35N3O9/c1-6-28(29-19-27(35-45-29)22-12-14-24(15-13-22)44-33(2,3)30(37)38)43-32(40)36(20-21-10-8-7-9-11-21)31(39)34-23-16-25(41-4)18-26(17-23)42-5/h7-19,28H,6,20H2,1-5H3,(H,34,39)(H,37,38)/t28-/m1/s1. The van der Waals surface area contributed by atoms with E-state index in [1.54, 1.807) is 79.7 Å². The average Bonchev–Trinajstić information content (AvgIpc) is 3.53. The van der Waals surface area contributed by atoms with E-state index in [0.717, 1.165) is 4.90 Å². The van der Waals surface area contributed by atoms with Gasteiger partial charge in [-0.1, -0.05) is 42.4 Å². The highest BCUT2D eigenvalue weighted by molar-refractivity contribution is 5.99. The van der Waals surface area contributed by atoms with E-state index >= 15 is 0 Å². The minimum Gasteiger partial charge on any atom is -0.497 e. The lowest BCUT2D eigenvalue weighted by Crippen LogP contribution is -2.40. The van der Waals surface area contributed by atoms with Crippen molar-refractivity contribution in [2.24, 2.45) is 0 Å². The van der Waals surface area contributed by atoms with Crippen LogP contribution < -0.4 is 19.5 Å². The lowest BCUT2D eigenvalue weighted by atomic mass is 10.1. The highest BCUT2D eigenvalue weighted by Crippen LogP contribution is 2.30. The molecule has 45 heavy (non-hydrogen) atoms. The number of carbonyl (C=O) groups is 3. The molecule has 0 aliphatic rings. The summed E-state index contributed by atoms with van der Waals surface area (Å²) >= 11 is 0. The molecular formula is C33H35N3O9. The number of hydrogen-bond donors (Lipinski definition) is 2. The van der Waals surface area contributed by atoms with Crippen LogP contribution in [0.2, 0.25) is 0 Å². The fourth-order valence-electron chi connectivity index (χ4n) is 4.19. The number of carboxylic acids is 1. The fraction of sp³-hybridized carbons (Fsp3) is 0.273. The number of nitrogens with one attached hydrogen (secondary N) is 1. The van der Waals surface area contributed by atoms with Gasteiger partial charge in [0.15, 0.2) is 17.5 Å². The lowest BCUT2D eigenvalue weighted by molar-refractivity contribution is -0.152. The van der Waals surface area contributed by atoms with Crippen LogP contribution >= 0.6 is 0 Å². The number of benzene rings is 3. The van der Waals surface area contributed by atoms with Gasteiger partial charge in [-0.3, -0.25) is 0 Å². The average molecular weight is 618 g/mol. The number of aromatic nitrogens is 1. The van der Waals surface area contributed by atoms with Crippen molar-refractivity contribution < 1.29 is 43.0 Å². The van der Waals surface area contributed by atoms with Crippen LogP contribution in [0.25, 0.3) is 11.3 Å². The van der Waals surface area contributed by atoms with E-state index in [1.165, 1.54) is 28.1 Å². The Morgan fingerprint density at radius 1 is 0.933 bits per heavy atom. The largest absolute Gasteiger partial charge is 0.497 e. The Morgan fingerprint density at radius 2 is 1.58 bits per heavy atom. The first-order valence-corrected chi connectivity index (χ1v) is 14.1. The number of urea groups is 1. The predicted molar refractivity (Wildman–Crippen MR) is 164 cm³/mol. The number of carbonyl (C=O) groups excluding carboxylic acids is 2. The predicted octanol–water partition coefficient (Wildman–Crippen LogP) is 6.92. The van der Waals surface area contributed by atoms with Gasteiger partial charge >= 0.3 is 18.1 Å². The molecule has 0 saturated carbocycles. The number of ether oxygens (including phenoxy) is 4. The molecule has 0 aliphatic carbocycles. The zero-order chi connectivity index (χ0) is 32.6. The molecule has 0 spiro atoms. The van der Waals surface area contributed by atoms with Crippen LogP contribution in [0.3, 0.4) is 0 Å². The van der Waals surface area contributed by atoms with E-state index in [-0.39, 0.29) is 12.3 Å². The van der Waals surface area contributed by atoms with Gasteiger partial charge in [-0.15, -0.1) is 0 Å². The second-order valence-corrected chi connectivity index (χ2v) is 10.4. The van der Waals surface area contributed by atoms with Gasteiger partial charge in [-0.25, -0.2) is 19.3 Å². The SMILES string of the molecule is CC[C@@H](OC(=O)N(Cc1ccccc1)C(=O)Nc1cc(OC)cc(OC)c1)c1cc(-c2ccc(OC(C)(C)C(=O)O)cc2)no1. The number of rotatable bonds is 12. The van der Waals surface area contributed by atoms with E-state index in [0.29, 0.717) is 46.2 Å². The summed E-state index contributed by atoms with van der Waals surface area (Å²) < 4.78 is 27.4. The smallest absolute Gasteiger partial charge is 0.419 e. The number of imide groups is 1. The number of nitrogens with zero attached hydrogens (tertiary/aromatic N) is 2. The van der Waals surface area contributed by atoms with Crippen molar-refractivity contribution in [1.82, 2.24) is 10.1 Å². The second-order valence-electron chi connectivity index (χ2n) is 10.4. The first-order valence-electron chi connectivity index (χ1n) is 14.1. The molecule has 1 heterocycles. The minimum atomic E-state index is -1.40. The highest BCUT2D eigenvalue weighted by Gasteiger charge is 2.30. The van der Waals surface area contributed by atoms with Crippen LogP contribution in [0.1, 0.15) is 44.6 Å². The summed E-state index contributed by atoms with van der Waals surface area (Å²) in [5.74, 6) is 0.485. The summed E-state index contributed by atoms with van der Waals surface area (Å²) in [5.41, 5.74) is 0.811. The monoisotopic (exact) mass is 617 g/mol. The molecule has 4 rings (SSSR count). The number of hydrogen-bond acceptors (Lipinski definition) is 9. The van der Waals surface area contributed by atoms with Gasteiger partial charge in [-0.2, -0.15) is 0 Å². The zero-order valence-corrected chi connectivity index (χ0v) is 25.6. The number of amides is 3. The molecular weight excluding hydrogens is 582 g/mol. The van der Waals surface area contributed by atoms with Crippen molar-refractivity contribution in [3.63, 3.8) is 0 Å². The van der Waals surface area contributed by atoms with Crippen LogP contribution in [-0.2, 0) is 16.1 Å². The van der Waals surface area contributed by atoms with Crippen molar-refractivity contribution in [2.45, 2.75) is 45.4 Å². The molecule has 0 fully saturated rings. The summed E-state index contributed by atoms with van der Waals surface area (Å²) in [5, 5.41) is 16.1. The Bertz CT molecular complexity index is 1600. The van der Waals surface area contributed by atoms with Crippen molar-refractivity contribution in [3.05, 3.63) is 90.2 Å². The summed E-state index contributed by atoms with van der Waals surface area (Å²) in [4.78, 5) is 39.3. The summed E-state index contributed by atoms with van der Waals surface area (Å²) in [7, 11) is 2.98. The Labute approximate surface area is 260 Å². The van der Waals surface area contributed by atoms with E-state index < -0.39 is 29.8 Å². The van der Waals surface area contributed by atoms with Crippen molar-refractivity contribution in [3.8, 4) is 28.5 Å². The summed E-state index contributed by atoms with van der Waals surface area (Å²) in [6.07, 6.45) is -1.40. The van der Waals surface area contributed by atoms with Crippen LogP contribution in [-0.4, -0.2) is 53.1 Å². The van der Waals surface area contributed by atoms with E-state index in [1.807, 2.05) is 6.07 Å². The number of methoxy groups -OCH3 is 2. The number of carboxylic acid groups (broad SMARTS) is 1. The maximum absolute atomic E-state index is 13.5. The topological polar surface area (TPSA) is 150 Å². The Kier molecular flexibility index (Phi) is 10.3. The molecule has 12 nitrogen and oxygen atoms in total. The molecule has 236 valence electrons. The van der Waals surface area contributed by atoms with Gasteiger partial charge in [0.2, 0.25) is 0 Å². The molecule has 12 heteroatoms. The maximum Gasteiger partial charge on any atom is 0.419 e. The Morgan fingerprint density at radius 3 is 2.16 bits per heavy atom. The van der Waals surface area contributed by atoms with E-state index in [2.05, 4.69) is 10.5 Å². The molecule has 3 amide bonds. The third-order valence-electron chi connectivity index (χ3n) is 6.75. The third-order valence-corrected chi connectivity index (χ3v) is 6.75. The van der Waals surface area contributed by atoms with E-state index in [9.17, 15) is 19.5 Å². The minimum absolute atomic E-state index is 0.0577. The van der Waals surface area contributed by atoms with Crippen LogP contribution in [0, 0.1) is 0 Å². The van der Waals surface area contributed by atoms with Crippen molar-refractivity contribution in [2.75, 3.05) is 19.5 Å². The third kappa shape index (κ3) is 8.31. The van der Waals surface area contributed by atoms with Crippen molar-refractivity contribution in [1.29, 1.82) is 0 Å². The molecule has 3 aromatic carbocycles. The quantitative estimate of drug-likeness (QED) is 0.171. The van der Waals surface area contributed by atoms with Crippen LogP contribution in [0.4, 0.5) is 15.3 Å². The lowest BCUT2D eigenvalue weighted by Gasteiger charge is -2.23. The molecule has 4 aromatic rings. The maximum atomic E-state index is 13.5. The molecule has 0 radical (unpaired) electrons. The Hall–Kier alpha value is -5.52. The number of aliphatic carboxylic acids is 1. The van der Waals surface area contributed by atoms with E-state index in [4.69, 9.17) is 23.5 Å². The molecule has 2 N–H and O–H groups in total. The first kappa shape index (κ1) is 32.4. The molecule has 1 aromatic heterocycles. The van der Waals surface area contributed by atoms with Gasteiger partial charge in [-0.05, 0) is 50.1 Å². The normalized spacial score (nSPS) is 11.7. The number of anilines is 1. The zero-order valence-electron chi connectivity index (χ0n) is 25.6. The van der Waals surface area contributed by atoms with Gasteiger partial charge in [0.05, 0.1) is 20.8 Å². The fourth-order valence-corrected chi connectivity index (χ4v) is 4.19. The molecule has 0 unspecified atom stereocenters. The summed E-state index contributed by atoms with van der Waals surface area (Å²) in [6, 6.07) is 21.5. The van der Waals surface area contributed by atoms with Crippen LogP contribution in [0.5, 0.6) is 17.2 Å². The first-order chi connectivity index (χ1) is 21.5. The van der Waals surface area contributed by atoms with Crippen LogP contribution in [0.15, 0.2) is 83.4 Å². The molecule has 0 aliphatic heterocycles. The van der Waals surface area contributed by atoms with Gasteiger partial charge < -0.3 is 33.9 Å². The Balaban J connectivity index is 1.51. The molecule has 0 saturated heterocycles. The van der Waals surface area contributed by atoms with Gasteiger partial charge in [0.25, 0.3) is 0 Å². The molecule has 0 bridgehead atoms. The van der Waals surface area contributed by atoms with Gasteiger partial charge in [0.1, 0.15) is 22.9 Å².